The summed E-state index contributed by atoms with van der Waals surface area (Å²) in [6.45, 7) is 1.81. The smallest absolute Gasteiger partial charge is 0.357 e. The Labute approximate surface area is 149 Å². The molecule has 0 spiro atoms. The van der Waals surface area contributed by atoms with E-state index in [0.29, 0.717) is 0 Å². The van der Waals surface area contributed by atoms with Crippen molar-refractivity contribution in [2.24, 2.45) is 5.73 Å². The van der Waals surface area contributed by atoms with Gasteiger partial charge in [0.2, 0.25) is 0 Å². The summed E-state index contributed by atoms with van der Waals surface area (Å²) in [5, 5.41) is 2.49. The maximum absolute atomic E-state index is 13.0. The third-order valence-corrected chi connectivity index (χ3v) is 4.25. The van der Waals surface area contributed by atoms with Crippen molar-refractivity contribution in [2.45, 2.75) is 25.6 Å². The molecule has 0 aliphatic carbocycles. The molecule has 8 heteroatoms. The standard InChI is InChI=1S/C18H19F3N4O/c19-18(20,21)14-7-12(10-22)8-15(9-14)24-17(26)13-3-4-16(23-11-13)25-5-1-2-6-25/h3-4,7-9,11H,1-2,5-6,10,22H2,(H,24,26). The van der Waals surface area contributed by atoms with Gasteiger partial charge in [0.05, 0.1) is 11.1 Å². The van der Waals surface area contributed by atoms with E-state index in [2.05, 4.69) is 15.2 Å². The van der Waals surface area contributed by atoms with E-state index in [0.717, 1.165) is 43.9 Å². The quantitative estimate of drug-likeness (QED) is 0.872. The average Bonchev–Trinajstić information content (AvgIpc) is 3.15. The highest BCUT2D eigenvalue weighted by molar-refractivity contribution is 6.04. The van der Waals surface area contributed by atoms with E-state index < -0.39 is 17.6 Å². The summed E-state index contributed by atoms with van der Waals surface area (Å²) in [6, 6.07) is 6.66. The van der Waals surface area contributed by atoms with Crippen LogP contribution in [0.2, 0.25) is 0 Å². The molecule has 1 aromatic carbocycles. The van der Waals surface area contributed by atoms with Crippen LogP contribution < -0.4 is 16.0 Å². The van der Waals surface area contributed by atoms with Gasteiger partial charge in [-0.25, -0.2) is 4.98 Å². The van der Waals surface area contributed by atoms with Crippen LogP contribution in [0, 0.1) is 0 Å². The highest BCUT2D eigenvalue weighted by Crippen LogP contribution is 2.32. The van der Waals surface area contributed by atoms with Crippen molar-refractivity contribution in [3.8, 4) is 0 Å². The molecule has 1 aliphatic heterocycles. The van der Waals surface area contributed by atoms with Crippen LogP contribution in [-0.4, -0.2) is 24.0 Å². The summed E-state index contributed by atoms with van der Waals surface area (Å²) in [5.41, 5.74) is 5.22. The SMILES string of the molecule is NCc1cc(NC(=O)c2ccc(N3CCCC3)nc2)cc(C(F)(F)F)c1. The fraction of sp³-hybridized carbons (Fsp3) is 0.333. The Kier molecular flexibility index (Phi) is 5.13. The van der Waals surface area contributed by atoms with Gasteiger partial charge in [0.25, 0.3) is 5.91 Å². The summed E-state index contributed by atoms with van der Waals surface area (Å²) in [6.07, 6.45) is -0.851. The fourth-order valence-electron chi connectivity index (χ4n) is 2.90. The van der Waals surface area contributed by atoms with Crippen LogP contribution in [0.1, 0.15) is 34.3 Å². The first-order chi connectivity index (χ1) is 12.4. The van der Waals surface area contributed by atoms with Crippen molar-refractivity contribution in [1.82, 2.24) is 4.98 Å². The molecule has 2 aromatic rings. The summed E-state index contributed by atoms with van der Waals surface area (Å²) in [4.78, 5) is 18.7. The molecule has 0 saturated carbocycles. The van der Waals surface area contributed by atoms with Gasteiger partial charge < -0.3 is 16.0 Å². The van der Waals surface area contributed by atoms with Crippen LogP contribution >= 0.6 is 0 Å². The Morgan fingerprint density at radius 1 is 1.19 bits per heavy atom. The topological polar surface area (TPSA) is 71.2 Å². The molecule has 1 aliphatic rings. The molecule has 1 saturated heterocycles. The van der Waals surface area contributed by atoms with Crippen LogP contribution in [0.5, 0.6) is 0 Å². The average molecular weight is 364 g/mol. The van der Waals surface area contributed by atoms with Crippen molar-refractivity contribution in [2.75, 3.05) is 23.3 Å². The van der Waals surface area contributed by atoms with Crippen molar-refractivity contribution < 1.29 is 18.0 Å². The highest BCUT2D eigenvalue weighted by Gasteiger charge is 2.31. The zero-order valence-corrected chi connectivity index (χ0v) is 14.0. The third kappa shape index (κ3) is 4.13. The largest absolute Gasteiger partial charge is 0.416 e. The van der Waals surface area contributed by atoms with Gasteiger partial charge in [-0.1, -0.05) is 0 Å². The number of amides is 1. The maximum Gasteiger partial charge on any atom is 0.416 e. The van der Waals surface area contributed by atoms with Crippen LogP contribution in [0.25, 0.3) is 0 Å². The molecule has 26 heavy (non-hydrogen) atoms. The zero-order valence-electron chi connectivity index (χ0n) is 14.0. The molecular formula is C18H19F3N4O. The van der Waals surface area contributed by atoms with Gasteiger partial charge in [-0.2, -0.15) is 13.2 Å². The number of pyridine rings is 1. The lowest BCUT2D eigenvalue weighted by molar-refractivity contribution is -0.137. The molecule has 0 radical (unpaired) electrons. The van der Waals surface area contributed by atoms with Crippen LogP contribution in [0.3, 0.4) is 0 Å². The van der Waals surface area contributed by atoms with Crippen molar-refractivity contribution in [3.63, 3.8) is 0 Å². The molecular weight excluding hydrogens is 345 g/mol. The number of nitrogens with one attached hydrogen (secondary N) is 1. The van der Waals surface area contributed by atoms with Crippen LogP contribution in [0.4, 0.5) is 24.7 Å². The molecule has 3 rings (SSSR count). The number of rotatable bonds is 4. The number of aromatic nitrogens is 1. The molecule has 0 bridgehead atoms. The first kappa shape index (κ1) is 18.2. The molecule has 1 aromatic heterocycles. The molecule has 3 N–H and O–H groups in total. The minimum atomic E-state index is -4.51. The van der Waals surface area contributed by atoms with Gasteiger partial charge >= 0.3 is 6.18 Å². The van der Waals surface area contributed by atoms with Gasteiger partial charge in [0.15, 0.2) is 0 Å². The molecule has 1 amide bonds. The molecule has 5 nitrogen and oxygen atoms in total. The van der Waals surface area contributed by atoms with E-state index >= 15 is 0 Å². The van der Waals surface area contributed by atoms with Gasteiger partial charge in [-0.3, -0.25) is 4.79 Å². The van der Waals surface area contributed by atoms with Crippen LogP contribution in [0.15, 0.2) is 36.5 Å². The van der Waals surface area contributed by atoms with E-state index in [1.54, 1.807) is 12.1 Å². The highest BCUT2D eigenvalue weighted by atomic mass is 19.4. The Hall–Kier alpha value is -2.61. The van der Waals surface area contributed by atoms with E-state index in [1.165, 1.54) is 12.3 Å². The number of nitrogens with zero attached hydrogens (tertiary/aromatic N) is 2. The van der Waals surface area contributed by atoms with Crippen LogP contribution in [-0.2, 0) is 12.7 Å². The molecule has 138 valence electrons. The first-order valence-corrected chi connectivity index (χ1v) is 8.30. The number of nitrogens with two attached hydrogens (primary N) is 1. The summed E-state index contributed by atoms with van der Waals surface area (Å²) < 4.78 is 38.9. The second-order valence-electron chi connectivity index (χ2n) is 6.17. The Bertz CT molecular complexity index is 784. The number of hydrogen-bond donors (Lipinski definition) is 2. The predicted octanol–water partition coefficient (Wildman–Crippen LogP) is 3.41. The van der Waals surface area contributed by atoms with Gasteiger partial charge in [-0.05, 0) is 48.7 Å². The number of anilines is 2. The molecule has 1 fully saturated rings. The predicted molar refractivity (Wildman–Crippen MR) is 93.0 cm³/mol. The Morgan fingerprint density at radius 3 is 2.50 bits per heavy atom. The lowest BCUT2D eigenvalue weighted by atomic mass is 10.1. The van der Waals surface area contributed by atoms with E-state index in [-0.39, 0.29) is 23.4 Å². The van der Waals surface area contributed by atoms with Crippen molar-refractivity contribution in [1.29, 1.82) is 0 Å². The number of alkyl halides is 3. The second kappa shape index (κ2) is 7.33. The summed E-state index contributed by atoms with van der Waals surface area (Å²) in [5.74, 6) is 0.274. The van der Waals surface area contributed by atoms with Crippen molar-refractivity contribution >= 4 is 17.4 Å². The lowest BCUT2D eigenvalue weighted by Crippen LogP contribution is -2.19. The summed E-state index contributed by atoms with van der Waals surface area (Å²) in [7, 11) is 0. The Balaban J connectivity index is 1.77. The van der Waals surface area contributed by atoms with Gasteiger partial charge in [0, 0.05) is 31.5 Å². The third-order valence-electron chi connectivity index (χ3n) is 4.25. The first-order valence-electron chi connectivity index (χ1n) is 8.30. The summed E-state index contributed by atoms with van der Waals surface area (Å²) >= 11 is 0. The maximum atomic E-state index is 13.0. The fourth-order valence-corrected chi connectivity index (χ4v) is 2.90. The second-order valence-corrected chi connectivity index (χ2v) is 6.17. The number of carbonyl (C=O) groups is 1. The van der Waals surface area contributed by atoms with Crippen molar-refractivity contribution in [3.05, 3.63) is 53.2 Å². The number of benzene rings is 1. The molecule has 2 heterocycles. The monoisotopic (exact) mass is 364 g/mol. The van der Waals surface area contributed by atoms with Gasteiger partial charge in [0.1, 0.15) is 5.82 Å². The normalized spacial score (nSPS) is 14.5. The molecule has 0 atom stereocenters. The Morgan fingerprint density at radius 2 is 1.92 bits per heavy atom. The van der Waals surface area contributed by atoms with E-state index in [9.17, 15) is 18.0 Å². The minimum absolute atomic E-state index is 0.0499. The minimum Gasteiger partial charge on any atom is -0.357 e. The lowest BCUT2D eigenvalue weighted by Gasteiger charge is -2.16. The number of carbonyl (C=O) groups excluding carboxylic acids is 1. The number of halogens is 3. The van der Waals surface area contributed by atoms with E-state index in [1.807, 2.05) is 0 Å². The van der Waals surface area contributed by atoms with E-state index in [4.69, 9.17) is 5.73 Å². The van der Waals surface area contributed by atoms with Gasteiger partial charge in [-0.15, -0.1) is 0 Å². The number of hydrogen-bond acceptors (Lipinski definition) is 4. The molecule has 0 unspecified atom stereocenters. The zero-order chi connectivity index (χ0) is 18.7.